The summed E-state index contributed by atoms with van der Waals surface area (Å²) in [6, 6.07) is 10.4. The summed E-state index contributed by atoms with van der Waals surface area (Å²) < 4.78 is 13.8. The van der Waals surface area contributed by atoms with E-state index in [0.29, 0.717) is 28.7 Å². The number of benzene rings is 2. The molecule has 0 fully saturated rings. The quantitative estimate of drug-likeness (QED) is 0.791. The number of carbonyl (C=O) groups is 2. The number of nitrogens with one attached hydrogen (secondary N) is 1. The maximum Gasteiger partial charge on any atom is 0.257 e. The Labute approximate surface area is 155 Å². The average molecular weight is 383 g/mol. The van der Waals surface area contributed by atoms with Gasteiger partial charge in [0.15, 0.2) is 0 Å². The number of rotatable bonds is 6. The van der Waals surface area contributed by atoms with Gasteiger partial charge in [0.05, 0.1) is 16.3 Å². The van der Waals surface area contributed by atoms with E-state index in [9.17, 15) is 14.0 Å². The molecule has 132 valence electrons. The van der Waals surface area contributed by atoms with E-state index in [1.54, 1.807) is 18.2 Å². The van der Waals surface area contributed by atoms with Crippen LogP contribution in [0, 0.1) is 5.82 Å². The molecular weight excluding hydrogens is 366 g/mol. The molecule has 2 rings (SSSR count). The maximum atomic E-state index is 13.8. The van der Waals surface area contributed by atoms with Crippen molar-refractivity contribution in [3.8, 4) is 0 Å². The standard InChI is InChI=1S/C18H17Cl2FN2O2/c1-2-9-23(18(25)13-5-3-4-6-15(13)21)11-17(24)22-16-10-12(19)7-8-14(16)20/h3-8,10H,2,9,11H2,1H3,(H,22,24). The van der Waals surface area contributed by atoms with Gasteiger partial charge in [-0.3, -0.25) is 9.59 Å². The minimum absolute atomic E-state index is 0.0652. The van der Waals surface area contributed by atoms with Crippen LogP contribution in [-0.4, -0.2) is 29.8 Å². The van der Waals surface area contributed by atoms with Crippen LogP contribution in [0.3, 0.4) is 0 Å². The molecule has 0 atom stereocenters. The second-order valence-electron chi connectivity index (χ2n) is 5.38. The Morgan fingerprint density at radius 2 is 1.88 bits per heavy atom. The predicted molar refractivity (Wildman–Crippen MR) is 97.7 cm³/mol. The van der Waals surface area contributed by atoms with Gasteiger partial charge >= 0.3 is 0 Å². The van der Waals surface area contributed by atoms with Crippen molar-refractivity contribution >= 4 is 40.7 Å². The average Bonchev–Trinajstić information content (AvgIpc) is 2.57. The number of nitrogens with zero attached hydrogens (tertiary/aromatic N) is 1. The molecule has 0 bridgehead atoms. The Bertz CT molecular complexity index is 783. The van der Waals surface area contributed by atoms with Gasteiger partial charge in [-0.15, -0.1) is 0 Å². The van der Waals surface area contributed by atoms with Crippen molar-refractivity contribution in [1.82, 2.24) is 4.90 Å². The summed E-state index contributed by atoms with van der Waals surface area (Å²) in [6.07, 6.45) is 0.630. The van der Waals surface area contributed by atoms with E-state index in [-0.39, 0.29) is 12.1 Å². The monoisotopic (exact) mass is 382 g/mol. The molecule has 0 radical (unpaired) electrons. The van der Waals surface area contributed by atoms with Crippen LogP contribution in [0.2, 0.25) is 10.0 Å². The van der Waals surface area contributed by atoms with Crippen molar-refractivity contribution in [2.24, 2.45) is 0 Å². The van der Waals surface area contributed by atoms with Gasteiger partial charge in [0.25, 0.3) is 5.91 Å². The van der Waals surface area contributed by atoms with Gasteiger partial charge in [0.2, 0.25) is 5.91 Å². The molecule has 0 aromatic heterocycles. The van der Waals surface area contributed by atoms with E-state index < -0.39 is 17.6 Å². The molecule has 7 heteroatoms. The molecule has 2 aromatic carbocycles. The van der Waals surface area contributed by atoms with E-state index >= 15 is 0 Å². The molecule has 25 heavy (non-hydrogen) atoms. The third-order valence-corrected chi connectivity index (χ3v) is 3.99. The zero-order valence-corrected chi connectivity index (χ0v) is 15.1. The van der Waals surface area contributed by atoms with Crippen molar-refractivity contribution in [3.05, 3.63) is 63.9 Å². The van der Waals surface area contributed by atoms with Crippen LogP contribution < -0.4 is 5.32 Å². The van der Waals surface area contributed by atoms with Gasteiger partial charge in [-0.25, -0.2) is 4.39 Å². The third-order valence-electron chi connectivity index (χ3n) is 3.42. The summed E-state index contributed by atoms with van der Waals surface area (Å²) >= 11 is 11.9. The summed E-state index contributed by atoms with van der Waals surface area (Å²) in [5, 5.41) is 3.38. The number of carbonyl (C=O) groups excluding carboxylic acids is 2. The molecule has 0 aliphatic heterocycles. The Hall–Kier alpha value is -2.11. The summed E-state index contributed by atoms with van der Waals surface area (Å²) in [4.78, 5) is 26.1. The molecule has 0 saturated heterocycles. The predicted octanol–water partition coefficient (Wildman–Crippen LogP) is 4.62. The maximum absolute atomic E-state index is 13.8. The minimum Gasteiger partial charge on any atom is -0.329 e. The van der Waals surface area contributed by atoms with Crippen LogP contribution in [0.15, 0.2) is 42.5 Å². The van der Waals surface area contributed by atoms with Crippen molar-refractivity contribution in [3.63, 3.8) is 0 Å². The molecule has 0 unspecified atom stereocenters. The number of hydrogen-bond donors (Lipinski definition) is 1. The topological polar surface area (TPSA) is 49.4 Å². The first-order valence-electron chi connectivity index (χ1n) is 7.71. The molecule has 0 aliphatic rings. The fourth-order valence-electron chi connectivity index (χ4n) is 2.28. The molecule has 0 heterocycles. The first-order valence-corrected chi connectivity index (χ1v) is 8.46. The third kappa shape index (κ3) is 5.18. The molecule has 1 N–H and O–H groups in total. The van der Waals surface area contributed by atoms with E-state index in [0.717, 1.165) is 0 Å². The van der Waals surface area contributed by atoms with Gasteiger partial charge in [0, 0.05) is 11.6 Å². The second kappa shape index (κ2) is 8.83. The molecule has 2 amide bonds. The zero-order valence-electron chi connectivity index (χ0n) is 13.6. The van der Waals surface area contributed by atoms with Crippen LogP contribution in [-0.2, 0) is 4.79 Å². The highest BCUT2D eigenvalue weighted by Gasteiger charge is 2.21. The fourth-order valence-corrected chi connectivity index (χ4v) is 2.62. The Morgan fingerprint density at radius 1 is 1.16 bits per heavy atom. The van der Waals surface area contributed by atoms with Crippen LogP contribution in [0.1, 0.15) is 23.7 Å². The SMILES string of the molecule is CCCN(CC(=O)Nc1cc(Cl)ccc1Cl)C(=O)c1ccccc1F. The van der Waals surface area contributed by atoms with E-state index in [1.807, 2.05) is 6.92 Å². The normalized spacial score (nSPS) is 10.4. The summed E-state index contributed by atoms with van der Waals surface area (Å²) in [7, 11) is 0. The number of amides is 2. The lowest BCUT2D eigenvalue weighted by Crippen LogP contribution is -2.39. The van der Waals surface area contributed by atoms with E-state index in [1.165, 1.54) is 29.2 Å². The van der Waals surface area contributed by atoms with Crippen LogP contribution in [0.4, 0.5) is 10.1 Å². The summed E-state index contributed by atoms with van der Waals surface area (Å²) in [6.45, 7) is 1.97. The Kier molecular flexibility index (Phi) is 6.79. The van der Waals surface area contributed by atoms with Crippen molar-refractivity contribution in [2.45, 2.75) is 13.3 Å². The lowest BCUT2D eigenvalue weighted by Gasteiger charge is -2.22. The van der Waals surface area contributed by atoms with Crippen LogP contribution >= 0.6 is 23.2 Å². The van der Waals surface area contributed by atoms with Gasteiger partial charge in [-0.2, -0.15) is 0 Å². The molecule has 0 spiro atoms. The highest BCUT2D eigenvalue weighted by Crippen LogP contribution is 2.25. The highest BCUT2D eigenvalue weighted by atomic mass is 35.5. The molecule has 4 nitrogen and oxygen atoms in total. The molecule has 0 aliphatic carbocycles. The van der Waals surface area contributed by atoms with Crippen LogP contribution in [0.25, 0.3) is 0 Å². The van der Waals surface area contributed by atoms with Crippen LogP contribution in [0.5, 0.6) is 0 Å². The summed E-state index contributed by atoms with van der Waals surface area (Å²) in [5.41, 5.74) is 0.290. The number of anilines is 1. The lowest BCUT2D eigenvalue weighted by molar-refractivity contribution is -0.116. The largest absolute Gasteiger partial charge is 0.329 e. The number of halogens is 3. The second-order valence-corrected chi connectivity index (χ2v) is 6.22. The fraction of sp³-hybridized carbons (Fsp3) is 0.222. The van der Waals surface area contributed by atoms with Crippen molar-refractivity contribution in [2.75, 3.05) is 18.4 Å². The zero-order chi connectivity index (χ0) is 18.4. The first-order chi connectivity index (χ1) is 11.9. The molecule has 0 saturated carbocycles. The van der Waals surface area contributed by atoms with Gasteiger partial charge in [-0.05, 0) is 36.8 Å². The van der Waals surface area contributed by atoms with E-state index in [2.05, 4.69) is 5.32 Å². The van der Waals surface area contributed by atoms with Crippen molar-refractivity contribution < 1.29 is 14.0 Å². The summed E-state index contributed by atoms with van der Waals surface area (Å²) in [5.74, 6) is -1.60. The van der Waals surface area contributed by atoms with Gasteiger partial charge in [0.1, 0.15) is 12.4 Å². The van der Waals surface area contributed by atoms with Crippen molar-refractivity contribution in [1.29, 1.82) is 0 Å². The molecular formula is C18H17Cl2FN2O2. The number of hydrogen-bond acceptors (Lipinski definition) is 2. The van der Waals surface area contributed by atoms with E-state index in [4.69, 9.17) is 23.2 Å². The lowest BCUT2D eigenvalue weighted by atomic mass is 10.1. The molecule has 2 aromatic rings. The van der Waals surface area contributed by atoms with Gasteiger partial charge in [-0.1, -0.05) is 42.3 Å². The van der Waals surface area contributed by atoms with Gasteiger partial charge < -0.3 is 10.2 Å². The Balaban J connectivity index is 2.13. The first kappa shape index (κ1) is 19.2. The highest BCUT2D eigenvalue weighted by molar-refractivity contribution is 6.35. The Morgan fingerprint density at radius 3 is 2.56 bits per heavy atom. The smallest absolute Gasteiger partial charge is 0.257 e. The minimum atomic E-state index is -0.619.